The predicted molar refractivity (Wildman–Crippen MR) is 98.7 cm³/mol. The Kier molecular flexibility index (Phi) is 5.13. The Morgan fingerprint density at radius 3 is 2.52 bits per heavy atom. The quantitative estimate of drug-likeness (QED) is 0.812. The number of rotatable bonds is 5. The van der Waals surface area contributed by atoms with Crippen LogP contribution in [-0.4, -0.2) is 29.1 Å². The lowest BCUT2D eigenvalue weighted by atomic mass is 10.0. The number of nitrogens with zero attached hydrogens (tertiary/aromatic N) is 1. The SMILES string of the molecule is CCS(=O)(=O)N1CCCc2cc(NS(=O)(=O)c3cc(F)ccc3F)ccc21. The molecule has 1 heterocycles. The maximum Gasteiger partial charge on any atom is 0.264 e. The second kappa shape index (κ2) is 7.08. The second-order valence-electron chi connectivity index (χ2n) is 6.10. The number of benzene rings is 2. The Morgan fingerprint density at radius 2 is 1.81 bits per heavy atom. The van der Waals surface area contributed by atoms with Crippen molar-refractivity contribution >= 4 is 31.4 Å². The van der Waals surface area contributed by atoms with Crippen molar-refractivity contribution in [1.29, 1.82) is 0 Å². The number of nitrogens with one attached hydrogen (secondary N) is 1. The zero-order valence-corrected chi connectivity index (χ0v) is 16.1. The van der Waals surface area contributed by atoms with Crippen LogP contribution < -0.4 is 9.03 Å². The third-order valence-corrected chi connectivity index (χ3v) is 7.47. The molecule has 0 saturated heterocycles. The van der Waals surface area contributed by atoms with Crippen LogP contribution in [0, 0.1) is 11.6 Å². The number of sulfonamides is 2. The molecule has 0 spiro atoms. The molecule has 0 unspecified atom stereocenters. The molecule has 0 saturated carbocycles. The van der Waals surface area contributed by atoms with E-state index in [-0.39, 0.29) is 11.4 Å². The van der Waals surface area contributed by atoms with Gasteiger partial charge in [-0.2, -0.15) is 0 Å². The fourth-order valence-electron chi connectivity index (χ4n) is 2.96. The first-order chi connectivity index (χ1) is 12.6. The van der Waals surface area contributed by atoms with Gasteiger partial charge in [0.05, 0.1) is 11.4 Å². The molecule has 0 aliphatic carbocycles. The van der Waals surface area contributed by atoms with Crippen LogP contribution >= 0.6 is 0 Å². The molecule has 0 amide bonds. The minimum Gasteiger partial charge on any atom is -0.280 e. The van der Waals surface area contributed by atoms with Crippen molar-refractivity contribution in [3.8, 4) is 0 Å². The maximum atomic E-state index is 13.8. The number of hydrogen-bond acceptors (Lipinski definition) is 4. The van der Waals surface area contributed by atoms with Crippen LogP contribution in [0.5, 0.6) is 0 Å². The number of halogens is 2. The lowest BCUT2D eigenvalue weighted by Crippen LogP contribution is -2.36. The van der Waals surface area contributed by atoms with E-state index in [9.17, 15) is 25.6 Å². The van der Waals surface area contributed by atoms with Gasteiger partial charge in [-0.05, 0) is 61.7 Å². The van der Waals surface area contributed by atoms with Crippen molar-refractivity contribution < 1.29 is 25.6 Å². The number of hydrogen-bond donors (Lipinski definition) is 1. The molecular formula is C17H18F2N2O4S2. The molecule has 10 heteroatoms. The molecule has 0 fully saturated rings. The van der Waals surface area contributed by atoms with Crippen molar-refractivity contribution in [2.24, 2.45) is 0 Å². The van der Waals surface area contributed by atoms with Gasteiger partial charge in [0.15, 0.2) is 0 Å². The van der Waals surface area contributed by atoms with Gasteiger partial charge in [0.25, 0.3) is 10.0 Å². The van der Waals surface area contributed by atoms with Gasteiger partial charge in [0, 0.05) is 12.2 Å². The van der Waals surface area contributed by atoms with Crippen LogP contribution in [0.15, 0.2) is 41.3 Å². The van der Waals surface area contributed by atoms with E-state index in [2.05, 4.69) is 4.72 Å². The Balaban J connectivity index is 1.95. The first-order valence-electron chi connectivity index (χ1n) is 8.25. The average Bonchev–Trinajstić information content (AvgIpc) is 2.62. The van der Waals surface area contributed by atoms with Gasteiger partial charge in [-0.3, -0.25) is 9.03 Å². The monoisotopic (exact) mass is 416 g/mol. The van der Waals surface area contributed by atoms with Gasteiger partial charge in [0.2, 0.25) is 10.0 Å². The largest absolute Gasteiger partial charge is 0.280 e. The van der Waals surface area contributed by atoms with Gasteiger partial charge in [-0.15, -0.1) is 0 Å². The molecule has 0 radical (unpaired) electrons. The fraction of sp³-hybridized carbons (Fsp3) is 0.294. The highest BCUT2D eigenvalue weighted by atomic mass is 32.2. The highest BCUT2D eigenvalue weighted by Gasteiger charge is 2.27. The average molecular weight is 416 g/mol. The normalized spacial score (nSPS) is 14.7. The first-order valence-corrected chi connectivity index (χ1v) is 11.3. The van der Waals surface area contributed by atoms with E-state index in [1.165, 1.54) is 22.5 Å². The molecule has 146 valence electrons. The van der Waals surface area contributed by atoms with Crippen LogP contribution in [0.25, 0.3) is 0 Å². The van der Waals surface area contributed by atoms with Crippen LogP contribution in [0.4, 0.5) is 20.2 Å². The third kappa shape index (κ3) is 3.91. The first kappa shape index (κ1) is 19.6. The summed E-state index contributed by atoms with van der Waals surface area (Å²) in [7, 11) is -7.77. The molecule has 6 nitrogen and oxygen atoms in total. The summed E-state index contributed by atoms with van der Waals surface area (Å²) in [5.41, 5.74) is 1.31. The summed E-state index contributed by atoms with van der Waals surface area (Å²) in [6.45, 7) is 1.92. The third-order valence-electron chi connectivity index (χ3n) is 4.29. The lowest BCUT2D eigenvalue weighted by Gasteiger charge is -2.30. The molecule has 0 bridgehead atoms. The number of aryl methyl sites for hydroxylation is 1. The molecule has 1 aliphatic heterocycles. The summed E-state index contributed by atoms with van der Waals surface area (Å²) in [5.74, 6) is -1.98. The smallest absolute Gasteiger partial charge is 0.264 e. The van der Waals surface area contributed by atoms with Gasteiger partial charge in [0.1, 0.15) is 16.5 Å². The molecule has 2 aromatic rings. The molecule has 3 rings (SSSR count). The van der Waals surface area contributed by atoms with Crippen LogP contribution in [0.3, 0.4) is 0 Å². The summed E-state index contributed by atoms with van der Waals surface area (Å²) < 4.78 is 79.9. The van der Waals surface area contributed by atoms with E-state index < -0.39 is 36.6 Å². The Bertz CT molecular complexity index is 1090. The van der Waals surface area contributed by atoms with Gasteiger partial charge in [-0.25, -0.2) is 25.6 Å². The minimum atomic E-state index is -4.34. The van der Waals surface area contributed by atoms with Crippen LogP contribution in [0.2, 0.25) is 0 Å². The Morgan fingerprint density at radius 1 is 1.07 bits per heavy atom. The van der Waals surface area contributed by atoms with Gasteiger partial charge in [-0.1, -0.05) is 0 Å². The summed E-state index contributed by atoms with van der Waals surface area (Å²) >= 11 is 0. The van der Waals surface area contributed by atoms with E-state index >= 15 is 0 Å². The van der Waals surface area contributed by atoms with E-state index in [0.29, 0.717) is 36.7 Å². The van der Waals surface area contributed by atoms with Crippen molar-refractivity contribution in [1.82, 2.24) is 0 Å². The minimum absolute atomic E-state index is 0.0420. The standard InChI is InChI=1S/C17H18F2N2O4S2/c1-2-26(22,23)21-9-3-4-12-10-14(6-8-16(12)21)20-27(24,25)17-11-13(18)5-7-15(17)19/h5-8,10-11,20H,2-4,9H2,1H3. The lowest BCUT2D eigenvalue weighted by molar-refractivity contribution is 0.555. The highest BCUT2D eigenvalue weighted by Crippen LogP contribution is 2.32. The van der Waals surface area contributed by atoms with Gasteiger partial charge >= 0.3 is 0 Å². The predicted octanol–water partition coefficient (Wildman–Crippen LogP) is 2.87. The van der Waals surface area contributed by atoms with Crippen molar-refractivity contribution in [2.75, 3.05) is 21.3 Å². The number of fused-ring (bicyclic) bond motifs is 1. The van der Waals surface area contributed by atoms with Crippen molar-refractivity contribution in [2.45, 2.75) is 24.7 Å². The Hall–Kier alpha value is -2.20. The topological polar surface area (TPSA) is 83.6 Å². The van der Waals surface area contributed by atoms with E-state index in [4.69, 9.17) is 0 Å². The second-order valence-corrected chi connectivity index (χ2v) is 9.93. The molecule has 0 aromatic heterocycles. The van der Waals surface area contributed by atoms with E-state index in [0.717, 1.165) is 12.1 Å². The molecule has 1 N–H and O–H groups in total. The molecule has 0 atom stereocenters. The summed E-state index contributed by atoms with van der Waals surface area (Å²) in [4.78, 5) is -0.796. The molecule has 27 heavy (non-hydrogen) atoms. The molecule has 1 aliphatic rings. The fourth-order valence-corrected chi connectivity index (χ4v) is 5.30. The molecule has 2 aromatic carbocycles. The summed E-state index contributed by atoms with van der Waals surface area (Å²) in [6.07, 6.45) is 1.18. The van der Waals surface area contributed by atoms with Crippen LogP contribution in [-0.2, 0) is 26.5 Å². The number of anilines is 2. The van der Waals surface area contributed by atoms with E-state index in [1.54, 1.807) is 6.92 Å². The zero-order valence-electron chi connectivity index (χ0n) is 14.4. The maximum absolute atomic E-state index is 13.8. The summed E-state index contributed by atoms with van der Waals surface area (Å²) in [6, 6.07) is 6.60. The van der Waals surface area contributed by atoms with E-state index in [1.807, 2.05) is 0 Å². The van der Waals surface area contributed by atoms with Crippen molar-refractivity contribution in [3.63, 3.8) is 0 Å². The van der Waals surface area contributed by atoms with Crippen LogP contribution in [0.1, 0.15) is 18.9 Å². The highest BCUT2D eigenvalue weighted by molar-refractivity contribution is 7.93. The summed E-state index contributed by atoms with van der Waals surface area (Å²) in [5, 5.41) is 0. The molecular weight excluding hydrogens is 398 g/mol. The van der Waals surface area contributed by atoms with Crippen molar-refractivity contribution in [3.05, 3.63) is 53.6 Å². The van der Waals surface area contributed by atoms with Gasteiger partial charge < -0.3 is 0 Å². The zero-order chi connectivity index (χ0) is 19.8. The Labute approximate surface area is 156 Å².